The van der Waals surface area contributed by atoms with Crippen molar-refractivity contribution in [1.82, 2.24) is 10.2 Å². The first kappa shape index (κ1) is 17.8. The highest BCUT2D eigenvalue weighted by Gasteiger charge is 2.52. The van der Waals surface area contributed by atoms with Gasteiger partial charge in [-0.25, -0.2) is 9.59 Å². The summed E-state index contributed by atoms with van der Waals surface area (Å²) in [6.07, 6.45) is 3.24. The van der Waals surface area contributed by atoms with E-state index in [1.165, 1.54) is 11.0 Å². The van der Waals surface area contributed by atoms with Crippen LogP contribution >= 0.6 is 0 Å². The van der Waals surface area contributed by atoms with Gasteiger partial charge >= 0.3 is 11.7 Å². The van der Waals surface area contributed by atoms with E-state index >= 15 is 0 Å². The summed E-state index contributed by atoms with van der Waals surface area (Å²) in [5.74, 6) is 0.134. The van der Waals surface area contributed by atoms with Gasteiger partial charge in [-0.2, -0.15) is 0 Å². The predicted molar refractivity (Wildman–Crippen MR) is 102 cm³/mol. The molecular weight excluding hydrogens is 344 g/mol. The van der Waals surface area contributed by atoms with Crippen molar-refractivity contribution in [1.29, 1.82) is 0 Å². The van der Waals surface area contributed by atoms with Crippen LogP contribution in [0.25, 0.3) is 11.0 Å². The molecule has 2 fully saturated rings. The predicted octanol–water partition coefficient (Wildman–Crippen LogP) is 3.59. The zero-order valence-corrected chi connectivity index (χ0v) is 15.9. The Morgan fingerprint density at radius 3 is 2.52 bits per heavy atom. The van der Waals surface area contributed by atoms with Gasteiger partial charge in [0.2, 0.25) is 0 Å². The smallest absolute Gasteiger partial charge is 0.336 e. The van der Waals surface area contributed by atoms with Gasteiger partial charge in [0.05, 0.1) is 6.54 Å². The van der Waals surface area contributed by atoms with Crippen molar-refractivity contribution in [2.75, 3.05) is 0 Å². The van der Waals surface area contributed by atoms with Crippen molar-refractivity contribution < 1.29 is 14.0 Å². The Bertz CT molecular complexity index is 999. The molecule has 0 bridgehead atoms. The van der Waals surface area contributed by atoms with Crippen LogP contribution in [0.3, 0.4) is 0 Å². The van der Waals surface area contributed by atoms with Gasteiger partial charge in [-0.3, -0.25) is 9.69 Å². The molecule has 0 atom stereocenters. The number of carbonyl (C=O) groups is 2. The summed E-state index contributed by atoms with van der Waals surface area (Å²) in [7, 11) is 0. The van der Waals surface area contributed by atoms with Gasteiger partial charge in [-0.05, 0) is 54.5 Å². The highest BCUT2D eigenvalue weighted by molar-refractivity contribution is 6.07. The third-order valence-electron chi connectivity index (χ3n) is 5.87. The summed E-state index contributed by atoms with van der Waals surface area (Å²) in [5, 5.41) is 3.66. The molecule has 1 saturated carbocycles. The van der Waals surface area contributed by atoms with Crippen molar-refractivity contribution in [2.24, 2.45) is 0 Å². The lowest BCUT2D eigenvalue weighted by Crippen LogP contribution is -2.44. The molecule has 2 aromatic rings. The van der Waals surface area contributed by atoms with E-state index in [0.29, 0.717) is 29.9 Å². The zero-order valence-electron chi connectivity index (χ0n) is 15.9. The second kappa shape index (κ2) is 6.22. The Balaban J connectivity index is 1.77. The minimum atomic E-state index is -0.744. The van der Waals surface area contributed by atoms with Gasteiger partial charge < -0.3 is 9.73 Å². The van der Waals surface area contributed by atoms with Gasteiger partial charge in [0.15, 0.2) is 0 Å². The summed E-state index contributed by atoms with van der Waals surface area (Å²) in [4.78, 5) is 38.7. The van der Waals surface area contributed by atoms with Gasteiger partial charge in [0.1, 0.15) is 11.1 Å². The maximum absolute atomic E-state index is 12.9. The number of rotatable bonds is 3. The van der Waals surface area contributed by atoms with Crippen LogP contribution in [-0.4, -0.2) is 22.4 Å². The van der Waals surface area contributed by atoms with Crippen LogP contribution in [-0.2, 0) is 11.3 Å². The van der Waals surface area contributed by atoms with E-state index in [1.54, 1.807) is 0 Å². The fourth-order valence-corrected chi connectivity index (χ4v) is 4.45. The fraction of sp³-hybridized carbons (Fsp3) is 0.476. The van der Waals surface area contributed by atoms with Crippen molar-refractivity contribution >= 4 is 22.9 Å². The van der Waals surface area contributed by atoms with Crippen molar-refractivity contribution in [3.63, 3.8) is 0 Å². The highest BCUT2D eigenvalue weighted by Crippen LogP contribution is 2.36. The number of aryl methyl sites for hydroxylation is 1. The molecule has 1 aromatic carbocycles. The molecule has 0 unspecified atom stereocenters. The average Bonchev–Trinajstić information content (AvgIpc) is 3.15. The van der Waals surface area contributed by atoms with Gasteiger partial charge in [-0.15, -0.1) is 0 Å². The molecule has 1 aromatic heterocycles. The van der Waals surface area contributed by atoms with E-state index in [-0.39, 0.29) is 18.5 Å². The van der Waals surface area contributed by atoms with E-state index in [9.17, 15) is 14.4 Å². The monoisotopic (exact) mass is 368 g/mol. The van der Waals surface area contributed by atoms with E-state index < -0.39 is 11.2 Å². The molecule has 142 valence electrons. The number of benzene rings is 1. The number of nitrogens with zero attached hydrogens (tertiary/aromatic N) is 1. The zero-order chi connectivity index (χ0) is 19.3. The number of urea groups is 1. The number of hydrogen-bond donors (Lipinski definition) is 1. The third-order valence-corrected chi connectivity index (χ3v) is 5.87. The molecule has 6 nitrogen and oxygen atoms in total. The minimum Gasteiger partial charge on any atom is -0.423 e. The first-order valence-electron chi connectivity index (χ1n) is 9.52. The molecule has 27 heavy (non-hydrogen) atoms. The van der Waals surface area contributed by atoms with E-state index in [1.807, 2.05) is 19.1 Å². The third kappa shape index (κ3) is 2.83. The molecule has 1 aliphatic heterocycles. The second-order valence-corrected chi connectivity index (χ2v) is 8.06. The number of imide groups is 1. The topological polar surface area (TPSA) is 79.6 Å². The molecule has 1 spiro atoms. The van der Waals surface area contributed by atoms with E-state index in [2.05, 4.69) is 19.2 Å². The lowest BCUT2D eigenvalue weighted by atomic mass is 9.94. The van der Waals surface area contributed by atoms with Crippen LogP contribution in [0.4, 0.5) is 4.79 Å². The highest BCUT2D eigenvalue weighted by atomic mass is 16.4. The maximum atomic E-state index is 12.9. The lowest BCUT2D eigenvalue weighted by Gasteiger charge is -2.20. The summed E-state index contributed by atoms with van der Waals surface area (Å²) >= 11 is 0. The Hall–Kier alpha value is -2.63. The molecule has 6 heteroatoms. The van der Waals surface area contributed by atoms with Crippen LogP contribution < -0.4 is 10.9 Å². The molecule has 2 aliphatic rings. The molecule has 2 heterocycles. The van der Waals surface area contributed by atoms with Crippen molar-refractivity contribution in [3.8, 4) is 0 Å². The summed E-state index contributed by atoms with van der Waals surface area (Å²) in [6.45, 7) is 6.28. The molecular formula is C21H24N2O4. The van der Waals surface area contributed by atoms with Crippen LogP contribution in [0.1, 0.15) is 62.1 Å². The fourth-order valence-electron chi connectivity index (χ4n) is 4.45. The lowest BCUT2D eigenvalue weighted by molar-refractivity contribution is -0.131. The molecule has 3 amide bonds. The number of carbonyl (C=O) groups excluding carboxylic acids is 2. The SMILES string of the molecule is Cc1cc2oc(=O)cc(CN3C(=O)NC4(CCCC4)C3=O)c2cc1C(C)C. The standard InChI is InChI=1S/C21H24N2O4/c1-12(2)15-10-16-14(9-18(24)27-17(16)8-13(15)3)11-23-19(25)21(22-20(23)26)6-4-5-7-21/h8-10,12H,4-7,11H2,1-3H3,(H,22,26). The van der Waals surface area contributed by atoms with Crippen LogP contribution in [0.15, 0.2) is 27.4 Å². The number of fused-ring (bicyclic) bond motifs is 1. The first-order valence-corrected chi connectivity index (χ1v) is 9.52. The average molecular weight is 368 g/mol. The van der Waals surface area contributed by atoms with Crippen LogP contribution in [0, 0.1) is 6.92 Å². The van der Waals surface area contributed by atoms with Gasteiger partial charge in [0, 0.05) is 11.5 Å². The Morgan fingerprint density at radius 1 is 1.15 bits per heavy atom. The maximum Gasteiger partial charge on any atom is 0.336 e. The molecule has 1 aliphatic carbocycles. The van der Waals surface area contributed by atoms with E-state index in [4.69, 9.17) is 4.42 Å². The van der Waals surface area contributed by atoms with E-state index in [0.717, 1.165) is 29.4 Å². The van der Waals surface area contributed by atoms with Crippen LogP contribution in [0.2, 0.25) is 0 Å². The Labute approximate surface area is 157 Å². The molecule has 4 rings (SSSR count). The Morgan fingerprint density at radius 2 is 1.85 bits per heavy atom. The van der Waals surface area contributed by atoms with Crippen LogP contribution in [0.5, 0.6) is 0 Å². The summed E-state index contributed by atoms with van der Waals surface area (Å²) in [5.41, 5.74) is 2.12. The number of hydrogen-bond acceptors (Lipinski definition) is 4. The molecule has 0 radical (unpaired) electrons. The minimum absolute atomic E-state index is 0.0785. The summed E-state index contributed by atoms with van der Waals surface area (Å²) < 4.78 is 5.37. The summed E-state index contributed by atoms with van der Waals surface area (Å²) in [6, 6.07) is 4.89. The van der Waals surface area contributed by atoms with Crippen molar-refractivity contribution in [2.45, 2.75) is 64.5 Å². The largest absolute Gasteiger partial charge is 0.423 e. The van der Waals surface area contributed by atoms with Gasteiger partial charge in [-0.1, -0.05) is 26.7 Å². The quantitative estimate of drug-likeness (QED) is 0.663. The first-order chi connectivity index (χ1) is 12.8. The molecule has 1 saturated heterocycles. The molecule has 1 N–H and O–H groups in total. The number of amides is 3. The number of nitrogens with one attached hydrogen (secondary N) is 1. The van der Waals surface area contributed by atoms with Gasteiger partial charge in [0.25, 0.3) is 5.91 Å². The second-order valence-electron chi connectivity index (χ2n) is 8.06. The van der Waals surface area contributed by atoms with Crippen molar-refractivity contribution in [3.05, 3.63) is 45.3 Å². The normalized spacial score (nSPS) is 18.9. The Kier molecular flexibility index (Phi) is 4.09.